The van der Waals surface area contributed by atoms with Gasteiger partial charge in [0.05, 0.1) is 10.8 Å². The second-order valence-electron chi connectivity index (χ2n) is 11.5. The summed E-state index contributed by atoms with van der Waals surface area (Å²) >= 11 is 4.37. The molecular formula is C39H34N4O3S3. The Morgan fingerprint density at radius 1 is 0.980 bits per heavy atom. The number of nitrogens with one attached hydrogen (secondary N) is 3. The summed E-state index contributed by atoms with van der Waals surface area (Å²) < 4.78 is 0. The van der Waals surface area contributed by atoms with Crippen molar-refractivity contribution < 1.29 is 14.4 Å². The summed E-state index contributed by atoms with van der Waals surface area (Å²) in [5.41, 5.74) is 4.03. The molecule has 3 aromatic carbocycles. The van der Waals surface area contributed by atoms with Crippen LogP contribution in [0.3, 0.4) is 0 Å². The number of anilines is 2. The van der Waals surface area contributed by atoms with Crippen LogP contribution in [0.4, 0.5) is 10.7 Å². The predicted molar refractivity (Wildman–Crippen MR) is 200 cm³/mol. The lowest BCUT2D eigenvalue weighted by Gasteiger charge is -2.22. The van der Waals surface area contributed by atoms with Gasteiger partial charge in [-0.15, -0.1) is 34.4 Å². The van der Waals surface area contributed by atoms with Crippen LogP contribution in [-0.2, 0) is 22.4 Å². The summed E-state index contributed by atoms with van der Waals surface area (Å²) in [6.45, 7) is 1.95. The first-order chi connectivity index (χ1) is 23.9. The van der Waals surface area contributed by atoms with Crippen LogP contribution in [0.25, 0.3) is 6.08 Å². The van der Waals surface area contributed by atoms with Crippen molar-refractivity contribution in [1.29, 1.82) is 5.26 Å². The van der Waals surface area contributed by atoms with Crippen LogP contribution in [-0.4, -0.2) is 23.0 Å². The van der Waals surface area contributed by atoms with E-state index in [4.69, 9.17) is 0 Å². The molecule has 2 atom stereocenters. The van der Waals surface area contributed by atoms with Crippen molar-refractivity contribution in [2.75, 3.05) is 10.6 Å². The molecule has 10 heteroatoms. The third kappa shape index (κ3) is 8.38. The predicted octanol–water partition coefficient (Wildman–Crippen LogP) is 8.87. The van der Waals surface area contributed by atoms with Crippen LogP contribution in [0.15, 0.2) is 113 Å². The van der Waals surface area contributed by atoms with Crippen molar-refractivity contribution in [2.24, 2.45) is 0 Å². The summed E-state index contributed by atoms with van der Waals surface area (Å²) in [4.78, 5) is 42.8. The highest BCUT2D eigenvalue weighted by Crippen LogP contribution is 2.42. The SMILES string of the molecule is CCC(Sc1cccc(NC(=O)/C(=C/c2cccs2)NC(=O)c2ccccc2)c1)C(=O)Nc1sc2c(c1C#N)CCC(c1ccccc1)C2. The highest BCUT2D eigenvalue weighted by molar-refractivity contribution is 8.00. The Morgan fingerprint density at radius 3 is 2.47 bits per heavy atom. The molecule has 0 aliphatic heterocycles. The molecule has 2 unspecified atom stereocenters. The van der Waals surface area contributed by atoms with Gasteiger partial charge in [-0.25, -0.2) is 0 Å². The minimum absolute atomic E-state index is 0.113. The molecule has 0 saturated carbocycles. The number of fused-ring (bicyclic) bond motifs is 1. The summed E-state index contributed by atoms with van der Waals surface area (Å²) in [7, 11) is 0. The average molecular weight is 703 g/mol. The Labute approximate surface area is 298 Å². The molecule has 0 spiro atoms. The number of hydrogen-bond acceptors (Lipinski definition) is 7. The van der Waals surface area contributed by atoms with Gasteiger partial charge in [0.25, 0.3) is 11.8 Å². The zero-order valence-electron chi connectivity index (χ0n) is 26.8. The first-order valence-electron chi connectivity index (χ1n) is 16.0. The average Bonchev–Trinajstić information content (AvgIpc) is 3.78. The highest BCUT2D eigenvalue weighted by Gasteiger charge is 2.28. The first-order valence-corrected chi connectivity index (χ1v) is 18.6. The van der Waals surface area contributed by atoms with E-state index in [2.05, 4.69) is 46.3 Å². The molecule has 0 radical (unpaired) electrons. The van der Waals surface area contributed by atoms with E-state index in [0.29, 0.717) is 34.2 Å². The maximum atomic E-state index is 13.6. The van der Waals surface area contributed by atoms with E-state index in [-0.39, 0.29) is 17.5 Å². The number of thioether (sulfide) groups is 1. The standard InChI is InChI=1S/C39H34N4O3S3/c1-2-34(38(46)43-39-32(24-40)31-19-18-27(21-35(31)49-39)25-11-5-3-6-12-25)48-30-16-9-15-28(22-30)41-37(45)33(23-29-17-10-20-47-29)42-36(44)26-13-7-4-8-14-26/h3-17,20,22-23,27,34H,2,18-19,21H2,1H3,(H,41,45)(H,42,44)(H,43,46)/b33-23-. The molecule has 3 N–H and O–H groups in total. The smallest absolute Gasteiger partial charge is 0.272 e. The minimum atomic E-state index is -0.468. The first kappa shape index (κ1) is 33.9. The van der Waals surface area contributed by atoms with Crippen molar-refractivity contribution in [2.45, 2.75) is 48.7 Å². The van der Waals surface area contributed by atoms with Gasteiger partial charge in [0.1, 0.15) is 16.8 Å². The third-order valence-electron chi connectivity index (χ3n) is 8.28. The molecule has 2 aromatic heterocycles. The Kier molecular flexibility index (Phi) is 11.1. The molecule has 2 heterocycles. The number of carbonyl (C=O) groups excluding carboxylic acids is 3. The molecule has 7 nitrogen and oxygen atoms in total. The number of carbonyl (C=O) groups is 3. The summed E-state index contributed by atoms with van der Waals surface area (Å²) in [5, 5.41) is 20.9. The molecule has 6 rings (SSSR count). The Hall–Kier alpha value is -4.95. The van der Waals surface area contributed by atoms with Crippen molar-refractivity contribution in [3.63, 3.8) is 0 Å². The molecule has 0 saturated heterocycles. The topological polar surface area (TPSA) is 111 Å². The number of nitriles is 1. The van der Waals surface area contributed by atoms with Gasteiger partial charge in [-0.05, 0) is 90.6 Å². The lowest BCUT2D eigenvalue weighted by molar-refractivity contribution is -0.116. The Morgan fingerprint density at radius 2 is 1.76 bits per heavy atom. The van der Waals surface area contributed by atoms with E-state index in [1.807, 2.05) is 54.8 Å². The molecule has 1 aliphatic carbocycles. The van der Waals surface area contributed by atoms with Gasteiger partial charge < -0.3 is 16.0 Å². The van der Waals surface area contributed by atoms with E-state index >= 15 is 0 Å². The van der Waals surface area contributed by atoms with Crippen molar-refractivity contribution in [3.8, 4) is 6.07 Å². The normalized spacial score (nSPS) is 14.6. The van der Waals surface area contributed by atoms with Gasteiger partial charge in [-0.3, -0.25) is 14.4 Å². The lowest BCUT2D eigenvalue weighted by atomic mass is 9.83. The van der Waals surface area contributed by atoms with Crippen LogP contribution in [0.5, 0.6) is 0 Å². The maximum absolute atomic E-state index is 13.6. The second-order valence-corrected chi connectivity index (χ2v) is 14.9. The zero-order valence-corrected chi connectivity index (χ0v) is 29.2. The number of amides is 3. The zero-order chi connectivity index (χ0) is 34.2. The molecule has 49 heavy (non-hydrogen) atoms. The fourth-order valence-corrected chi connectivity index (χ4v) is 8.74. The number of thiophene rings is 2. The van der Waals surface area contributed by atoms with E-state index in [0.717, 1.165) is 34.6 Å². The van der Waals surface area contributed by atoms with Crippen LogP contribution >= 0.6 is 34.4 Å². The summed E-state index contributed by atoms with van der Waals surface area (Å²) in [6.07, 6.45) is 4.86. The molecular weight excluding hydrogens is 669 g/mol. The maximum Gasteiger partial charge on any atom is 0.272 e. The monoisotopic (exact) mass is 702 g/mol. The fraction of sp³-hybridized carbons (Fsp3) is 0.179. The second kappa shape index (κ2) is 16.0. The van der Waals surface area contributed by atoms with Crippen LogP contribution < -0.4 is 16.0 Å². The van der Waals surface area contributed by atoms with Gasteiger partial charge in [0.15, 0.2) is 0 Å². The van der Waals surface area contributed by atoms with Crippen molar-refractivity contribution in [3.05, 3.63) is 140 Å². The van der Waals surface area contributed by atoms with Crippen molar-refractivity contribution in [1.82, 2.24) is 5.32 Å². The minimum Gasteiger partial charge on any atom is -0.321 e. The van der Waals surface area contributed by atoms with Crippen LogP contribution in [0.2, 0.25) is 0 Å². The van der Waals surface area contributed by atoms with Gasteiger partial charge in [-0.1, -0.05) is 67.6 Å². The van der Waals surface area contributed by atoms with E-state index in [1.54, 1.807) is 36.4 Å². The molecule has 0 bridgehead atoms. The number of hydrogen-bond donors (Lipinski definition) is 3. The Balaban J connectivity index is 1.13. The number of nitrogens with zero attached hydrogens (tertiary/aromatic N) is 1. The fourth-order valence-electron chi connectivity index (χ4n) is 5.78. The molecule has 3 amide bonds. The van der Waals surface area contributed by atoms with E-state index < -0.39 is 11.2 Å². The van der Waals surface area contributed by atoms with Crippen molar-refractivity contribution >= 4 is 68.9 Å². The van der Waals surface area contributed by atoms with Gasteiger partial charge in [-0.2, -0.15) is 5.26 Å². The molecule has 1 aliphatic rings. The van der Waals surface area contributed by atoms with Gasteiger partial charge >= 0.3 is 0 Å². The summed E-state index contributed by atoms with van der Waals surface area (Å²) in [6, 6.07) is 32.6. The number of benzene rings is 3. The molecule has 0 fully saturated rings. The lowest BCUT2D eigenvalue weighted by Crippen LogP contribution is -2.30. The summed E-state index contributed by atoms with van der Waals surface area (Å²) in [5.74, 6) is -0.621. The van der Waals surface area contributed by atoms with E-state index in [9.17, 15) is 19.6 Å². The highest BCUT2D eigenvalue weighted by atomic mass is 32.2. The van der Waals surface area contributed by atoms with Crippen LogP contribution in [0, 0.1) is 11.3 Å². The quantitative estimate of drug-likeness (QED) is 0.0941. The molecule has 246 valence electrons. The van der Waals surface area contributed by atoms with Crippen LogP contribution in [0.1, 0.15) is 62.5 Å². The molecule has 5 aromatic rings. The van der Waals surface area contributed by atoms with Gasteiger partial charge in [0, 0.05) is 25.9 Å². The third-order valence-corrected chi connectivity index (χ3v) is 11.6. The largest absolute Gasteiger partial charge is 0.321 e. The van der Waals surface area contributed by atoms with E-state index in [1.165, 1.54) is 44.9 Å². The Bertz CT molecular complexity index is 2020. The number of rotatable bonds is 11. The van der Waals surface area contributed by atoms with Gasteiger partial charge in [0.2, 0.25) is 5.91 Å².